The lowest BCUT2D eigenvalue weighted by molar-refractivity contribution is 0.0944. The summed E-state index contributed by atoms with van der Waals surface area (Å²) in [5.41, 5.74) is 0.399. The molecule has 0 spiro atoms. The molecule has 3 rings (SSSR count). The van der Waals surface area contributed by atoms with Crippen LogP contribution in [-0.4, -0.2) is 30.3 Å². The fourth-order valence-corrected chi connectivity index (χ4v) is 2.71. The zero-order valence-corrected chi connectivity index (χ0v) is 13.9. The van der Waals surface area contributed by atoms with E-state index < -0.39 is 0 Å². The topological polar surface area (TPSA) is 86.5 Å². The van der Waals surface area contributed by atoms with E-state index in [1.807, 2.05) is 17.5 Å². The number of nitrogens with zero attached hydrogens (tertiary/aromatic N) is 2. The first-order valence-corrected chi connectivity index (χ1v) is 7.95. The van der Waals surface area contributed by atoms with Gasteiger partial charge in [-0.05, 0) is 23.6 Å². The van der Waals surface area contributed by atoms with Crippen LogP contribution in [0.5, 0.6) is 11.5 Å². The van der Waals surface area contributed by atoms with Gasteiger partial charge in [0.1, 0.15) is 11.5 Å². The number of carbonyl (C=O) groups excluding carboxylic acids is 1. The lowest BCUT2D eigenvalue weighted by atomic mass is 10.1. The van der Waals surface area contributed by atoms with Crippen LogP contribution in [-0.2, 0) is 6.54 Å². The fraction of sp³-hybridized carbons (Fsp3) is 0.188. The molecule has 24 heavy (non-hydrogen) atoms. The van der Waals surface area contributed by atoms with Crippen LogP contribution in [0.3, 0.4) is 0 Å². The molecule has 1 aromatic carbocycles. The summed E-state index contributed by atoms with van der Waals surface area (Å²) in [6.45, 7) is 0.131. The molecule has 0 saturated carbocycles. The number of carbonyl (C=O) groups is 1. The predicted octanol–water partition coefficient (Wildman–Crippen LogP) is 2.75. The Morgan fingerprint density at radius 3 is 2.83 bits per heavy atom. The van der Waals surface area contributed by atoms with Crippen LogP contribution >= 0.6 is 11.3 Å². The van der Waals surface area contributed by atoms with Gasteiger partial charge in [0, 0.05) is 6.07 Å². The summed E-state index contributed by atoms with van der Waals surface area (Å²) in [4.78, 5) is 13.2. The predicted molar refractivity (Wildman–Crippen MR) is 88.3 cm³/mol. The summed E-state index contributed by atoms with van der Waals surface area (Å²) >= 11 is 1.51. The quantitative estimate of drug-likeness (QED) is 0.739. The van der Waals surface area contributed by atoms with Gasteiger partial charge in [-0.2, -0.15) is 0 Å². The third-order valence-electron chi connectivity index (χ3n) is 3.25. The van der Waals surface area contributed by atoms with Crippen LogP contribution in [0.1, 0.15) is 16.2 Å². The molecule has 0 aliphatic rings. The summed E-state index contributed by atoms with van der Waals surface area (Å²) in [5.74, 6) is 1.51. The molecule has 2 aromatic heterocycles. The van der Waals surface area contributed by atoms with E-state index in [1.165, 1.54) is 18.4 Å². The van der Waals surface area contributed by atoms with Gasteiger partial charge in [-0.1, -0.05) is 6.07 Å². The second-order valence-corrected chi connectivity index (χ2v) is 5.67. The number of hydrogen-bond acceptors (Lipinski definition) is 7. The van der Waals surface area contributed by atoms with E-state index >= 15 is 0 Å². The average molecular weight is 345 g/mol. The third kappa shape index (κ3) is 3.38. The number of rotatable bonds is 6. The molecular weight excluding hydrogens is 330 g/mol. The number of ether oxygens (including phenoxy) is 2. The standard InChI is InChI=1S/C16H15N3O4S/c1-21-10-5-6-11(12(8-10)22-2)15(20)17-9-14-18-19-16(23-14)13-4-3-7-24-13/h3-8H,9H2,1-2H3,(H,17,20). The number of amides is 1. The minimum Gasteiger partial charge on any atom is -0.497 e. The van der Waals surface area contributed by atoms with Gasteiger partial charge in [-0.3, -0.25) is 4.79 Å². The monoisotopic (exact) mass is 345 g/mol. The van der Waals surface area contributed by atoms with E-state index in [9.17, 15) is 4.79 Å². The molecule has 2 heterocycles. The SMILES string of the molecule is COc1ccc(C(=O)NCc2nnc(-c3cccs3)o2)c(OC)c1. The van der Waals surface area contributed by atoms with Gasteiger partial charge in [0.25, 0.3) is 11.8 Å². The zero-order valence-electron chi connectivity index (χ0n) is 13.1. The maximum absolute atomic E-state index is 12.3. The molecule has 0 fully saturated rings. The minimum atomic E-state index is -0.301. The number of thiophene rings is 1. The zero-order chi connectivity index (χ0) is 16.9. The van der Waals surface area contributed by atoms with Crippen LogP contribution in [0.15, 0.2) is 40.1 Å². The van der Waals surface area contributed by atoms with Gasteiger partial charge in [-0.15, -0.1) is 21.5 Å². The van der Waals surface area contributed by atoms with Crippen LogP contribution in [0.25, 0.3) is 10.8 Å². The third-order valence-corrected chi connectivity index (χ3v) is 4.11. The summed E-state index contributed by atoms with van der Waals surface area (Å²) in [7, 11) is 3.05. The molecule has 0 atom stereocenters. The fourth-order valence-electron chi connectivity index (χ4n) is 2.06. The van der Waals surface area contributed by atoms with Gasteiger partial charge in [0.15, 0.2) is 0 Å². The van der Waals surface area contributed by atoms with Crippen molar-refractivity contribution in [2.45, 2.75) is 6.54 Å². The van der Waals surface area contributed by atoms with E-state index in [0.29, 0.717) is 28.8 Å². The summed E-state index contributed by atoms with van der Waals surface area (Å²) in [6, 6.07) is 8.78. The first kappa shape index (κ1) is 16.0. The molecular formula is C16H15N3O4S. The number of nitrogens with one attached hydrogen (secondary N) is 1. The Bertz CT molecular complexity index is 830. The lowest BCUT2D eigenvalue weighted by Gasteiger charge is -2.09. The molecule has 8 heteroatoms. The molecule has 0 aliphatic heterocycles. The highest BCUT2D eigenvalue weighted by atomic mass is 32.1. The van der Waals surface area contributed by atoms with Gasteiger partial charge in [0.2, 0.25) is 5.89 Å². The van der Waals surface area contributed by atoms with Crippen molar-refractivity contribution in [3.8, 4) is 22.3 Å². The van der Waals surface area contributed by atoms with Crippen molar-refractivity contribution in [2.24, 2.45) is 0 Å². The van der Waals surface area contributed by atoms with Crippen LogP contribution in [0, 0.1) is 0 Å². The second kappa shape index (κ2) is 7.14. The highest BCUT2D eigenvalue weighted by Gasteiger charge is 2.15. The van der Waals surface area contributed by atoms with Crippen molar-refractivity contribution in [1.82, 2.24) is 15.5 Å². The first-order valence-electron chi connectivity index (χ1n) is 7.07. The first-order chi connectivity index (χ1) is 11.7. The largest absolute Gasteiger partial charge is 0.497 e. The molecule has 124 valence electrons. The summed E-state index contributed by atoms with van der Waals surface area (Å²) in [5, 5.41) is 12.6. The smallest absolute Gasteiger partial charge is 0.257 e. The number of benzene rings is 1. The van der Waals surface area contributed by atoms with E-state index in [2.05, 4.69) is 15.5 Å². The highest BCUT2D eigenvalue weighted by molar-refractivity contribution is 7.13. The Balaban J connectivity index is 1.67. The lowest BCUT2D eigenvalue weighted by Crippen LogP contribution is -2.23. The van der Waals surface area contributed by atoms with Crippen LogP contribution < -0.4 is 14.8 Å². The Kier molecular flexibility index (Phi) is 4.76. The number of methoxy groups -OCH3 is 2. The number of aromatic nitrogens is 2. The Morgan fingerprint density at radius 2 is 2.12 bits per heavy atom. The average Bonchev–Trinajstić information content (AvgIpc) is 3.30. The molecule has 0 bridgehead atoms. The maximum Gasteiger partial charge on any atom is 0.257 e. The summed E-state index contributed by atoms with van der Waals surface area (Å²) < 4.78 is 15.9. The van der Waals surface area contributed by atoms with Gasteiger partial charge in [-0.25, -0.2) is 0 Å². The molecule has 3 aromatic rings. The van der Waals surface area contributed by atoms with E-state index in [-0.39, 0.29) is 12.5 Å². The van der Waals surface area contributed by atoms with E-state index in [0.717, 1.165) is 4.88 Å². The van der Waals surface area contributed by atoms with Crippen molar-refractivity contribution >= 4 is 17.2 Å². The molecule has 0 aliphatic carbocycles. The van der Waals surface area contributed by atoms with Crippen molar-refractivity contribution in [2.75, 3.05) is 14.2 Å². The Hall–Kier alpha value is -2.87. The van der Waals surface area contributed by atoms with Crippen molar-refractivity contribution in [1.29, 1.82) is 0 Å². The normalized spacial score (nSPS) is 10.4. The molecule has 7 nitrogen and oxygen atoms in total. The molecule has 0 saturated heterocycles. The minimum absolute atomic E-state index is 0.131. The second-order valence-electron chi connectivity index (χ2n) is 4.73. The Labute approximate surface area is 142 Å². The molecule has 0 unspecified atom stereocenters. The van der Waals surface area contributed by atoms with Crippen molar-refractivity contribution in [3.05, 3.63) is 47.2 Å². The van der Waals surface area contributed by atoms with Crippen LogP contribution in [0.4, 0.5) is 0 Å². The highest BCUT2D eigenvalue weighted by Crippen LogP contribution is 2.25. The number of hydrogen-bond donors (Lipinski definition) is 1. The molecule has 1 amide bonds. The van der Waals surface area contributed by atoms with E-state index in [1.54, 1.807) is 25.3 Å². The molecule has 0 radical (unpaired) electrons. The van der Waals surface area contributed by atoms with E-state index in [4.69, 9.17) is 13.9 Å². The molecule has 1 N–H and O–H groups in total. The van der Waals surface area contributed by atoms with Gasteiger partial charge >= 0.3 is 0 Å². The van der Waals surface area contributed by atoms with Crippen LogP contribution in [0.2, 0.25) is 0 Å². The maximum atomic E-state index is 12.3. The van der Waals surface area contributed by atoms with Crippen molar-refractivity contribution in [3.63, 3.8) is 0 Å². The van der Waals surface area contributed by atoms with Crippen molar-refractivity contribution < 1.29 is 18.7 Å². The Morgan fingerprint density at radius 1 is 1.25 bits per heavy atom. The van der Waals surface area contributed by atoms with Gasteiger partial charge < -0.3 is 19.2 Å². The summed E-state index contributed by atoms with van der Waals surface area (Å²) in [6.07, 6.45) is 0. The van der Waals surface area contributed by atoms with Gasteiger partial charge in [0.05, 0.1) is 31.2 Å².